The Balaban J connectivity index is 1.40. The Morgan fingerprint density at radius 2 is 1.98 bits per heavy atom. The van der Waals surface area contributed by atoms with E-state index in [1.165, 1.54) is 4.31 Å². The minimum Gasteiger partial charge on any atom is -0.378 e. The van der Waals surface area contributed by atoms with E-state index in [1.54, 1.807) is 17.5 Å². The summed E-state index contributed by atoms with van der Waals surface area (Å²) < 4.78 is 80.7. The molecule has 41 heavy (non-hydrogen) atoms. The first kappa shape index (κ1) is 30.6. The van der Waals surface area contributed by atoms with Crippen molar-refractivity contribution in [2.75, 3.05) is 50.9 Å². The average Bonchev–Trinajstić information content (AvgIpc) is 3.54. The van der Waals surface area contributed by atoms with Crippen molar-refractivity contribution in [1.82, 2.24) is 19.2 Å². The van der Waals surface area contributed by atoms with Crippen LogP contribution >= 0.6 is 11.3 Å². The van der Waals surface area contributed by atoms with E-state index in [0.717, 1.165) is 43.0 Å². The number of ether oxygens (including phenoxy) is 2. The second-order valence-corrected chi connectivity index (χ2v) is 14.1. The molecule has 5 rings (SSSR count). The molecule has 2 aromatic heterocycles. The number of aliphatic hydroxyl groups is 1. The number of thiophene rings is 1. The zero-order valence-electron chi connectivity index (χ0n) is 23.0. The highest BCUT2D eigenvalue weighted by molar-refractivity contribution is 7.91. The number of anilines is 1. The molecule has 2 aromatic rings. The molecule has 5 heterocycles. The van der Waals surface area contributed by atoms with Gasteiger partial charge in [0.05, 0.1) is 31.4 Å². The van der Waals surface area contributed by atoms with Crippen LogP contribution in [0.4, 0.5) is 19.1 Å². The van der Waals surface area contributed by atoms with Gasteiger partial charge in [0.2, 0.25) is 5.95 Å². The van der Waals surface area contributed by atoms with Crippen molar-refractivity contribution in [2.45, 2.75) is 73.3 Å². The Kier molecular flexibility index (Phi) is 8.96. The molecule has 3 saturated heterocycles. The summed E-state index contributed by atoms with van der Waals surface area (Å²) in [6.45, 7) is 5.55. The SMILES string of the molecule is CCCCOC1CC2COCC1N2C[C@H]1CN(S(=O)(=O)c2cccs2)CCN1c1ncc(C(C)(O)C(F)(F)F)cn1. The van der Waals surface area contributed by atoms with Crippen molar-refractivity contribution >= 4 is 27.3 Å². The maximum atomic E-state index is 13.4. The summed E-state index contributed by atoms with van der Waals surface area (Å²) in [6, 6.07) is 3.01. The van der Waals surface area contributed by atoms with Gasteiger partial charge in [-0.05, 0) is 31.2 Å². The van der Waals surface area contributed by atoms with Crippen molar-refractivity contribution in [3.63, 3.8) is 0 Å². The molecule has 0 aromatic carbocycles. The molecule has 0 aliphatic carbocycles. The van der Waals surface area contributed by atoms with Gasteiger partial charge >= 0.3 is 6.18 Å². The molecule has 0 spiro atoms. The quantitative estimate of drug-likeness (QED) is 0.402. The van der Waals surface area contributed by atoms with Gasteiger partial charge in [-0.3, -0.25) is 4.90 Å². The zero-order chi connectivity index (χ0) is 29.4. The highest BCUT2D eigenvalue weighted by atomic mass is 32.2. The van der Waals surface area contributed by atoms with Crippen molar-refractivity contribution < 1.29 is 36.2 Å². The van der Waals surface area contributed by atoms with Gasteiger partial charge in [0, 0.05) is 56.8 Å². The van der Waals surface area contributed by atoms with E-state index in [4.69, 9.17) is 9.47 Å². The molecule has 3 aliphatic rings. The number of morpholine rings is 1. The molecule has 1 N–H and O–H groups in total. The Bertz CT molecular complexity index is 1260. The number of sulfonamides is 1. The lowest BCUT2D eigenvalue weighted by atomic mass is 9.99. The van der Waals surface area contributed by atoms with Crippen molar-refractivity contribution in [1.29, 1.82) is 0 Å². The van der Waals surface area contributed by atoms with Crippen LogP contribution in [0.3, 0.4) is 0 Å². The first-order valence-electron chi connectivity index (χ1n) is 13.8. The number of alkyl halides is 3. The summed E-state index contributed by atoms with van der Waals surface area (Å²) in [5.74, 6) is 0.182. The van der Waals surface area contributed by atoms with Crippen LogP contribution in [0.25, 0.3) is 0 Å². The fourth-order valence-corrected chi connectivity index (χ4v) is 8.32. The highest BCUT2D eigenvalue weighted by Gasteiger charge is 2.52. The third kappa shape index (κ3) is 6.12. The van der Waals surface area contributed by atoms with Gasteiger partial charge in [-0.1, -0.05) is 19.4 Å². The number of halogens is 3. The Hall–Kier alpha value is -1.88. The predicted molar refractivity (Wildman–Crippen MR) is 146 cm³/mol. The van der Waals surface area contributed by atoms with Gasteiger partial charge in [-0.25, -0.2) is 18.4 Å². The summed E-state index contributed by atoms with van der Waals surface area (Å²) in [7, 11) is -3.72. The summed E-state index contributed by atoms with van der Waals surface area (Å²) in [5, 5.41) is 11.8. The van der Waals surface area contributed by atoms with Crippen LogP contribution in [0.15, 0.2) is 34.1 Å². The Morgan fingerprint density at radius 1 is 1.22 bits per heavy atom. The van der Waals surface area contributed by atoms with Crippen LogP contribution in [0.1, 0.15) is 38.7 Å². The lowest BCUT2D eigenvalue weighted by molar-refractivity contribution is -0.259. The number of unbranched alkanes of at least 4 members (excludes halogenated alkanes) is 1. The molecule has 228 valence electrons. The third-order valence-electron chi connectivity index (χ3n) is 8.22. The Labute approximate surface area is 242 Å². The largest absolute Gasteiger partial charge is 0.421 e. The van der Waals surface area contributed by atoms with E-state index in [9.17, 15) is 26.7 Å². The van der Waals surface area contributed by atoms with Crippen LogP contribution in [-0.2, 0) is 25.1 Å². The number of piperazine rings is 1. The molecule has 10 nitrogen and oxygen atoms in total. The molecule has 3 fully saturated rings. The number of hydrogen-bond donors (Lipinski definition) is 1. The van der Waals surface area contributed by atoms with Crippen molar-refractivity contribution in [3.05, 3.63) is 35.5 Å². The van der Waals surface area contributed by atoms with Gasteiger partial charge in [0.25, 0.3) is 10.0 Å². The fraction of sp³-hybridized carbons (Fsp3) is 0.692. The monoisotopic (exact) mass is 619 g/mol. The summed E-state index contributed by atoms with van der Waals surface area (Å²) in [6.07, 6.45) is -0.102. The number of aromatic nitrogens is 2. The number of fused-ring (bicyclic) bond motifs is 2. The van der Waals surface area contributed by atoms with E-state index in [-0.39, 0.29) is 54.0 Å². The molecule has 2 bridgehead atoms. The van der Waals surface area contributed by atoms with E-state index in [1.807, 2.05) is 4.90 Å². The molecular weight excluding hydrogens is 583 g/mol. The lowest BCUT2D eigenvalue weighted by Crippen LogP contribution is -2.61. The smallest absolute Gasteiger partial charge is 0.378 e. The molecule has 5 atom stereocenters. The van der Waals surface area contributed by atoms with Gasteiger partial charge < -0.3 is 19.5 Å². The van der Waals surface area contributed by atoms with Crippen LogP contribution in [0.2, 0.25) is 0 Å². The van der Waals surface area contributed by atoms with E-state index in [0.29, 0.717) is 33.3 Å². The molecule has 0 saturated carbocycles. The molecule has 15 heteroatoms. The predicted octanol–water partition coefficient (Wildman–Crippen LogP) is 2.85. The second-order valence-electron chi connectivity index (χ2n) is 10.9. The molecule has 0 radical (unpaired) electrons. The number of nitrogens with zero attached hydrogens (tertiary/aromatic N) is 5. The summed E-state index contributed by atoms with van der Waals surface area (Å²) in [5.41, 5.74) is -3.57. The highest BCUT2D eigenvalue weighted by Crippen LogP contribution is 2.38. The van der Waals surface area contributed by atoms with E-state index < -0.39 is 27.4 Å². The van der Waals surface area contributed by atoms with Crippen molar-refractivity contribution in [3.8, 4) is 0 Å². The maximum absolute atomic E-state index is 13.4. The van der Waals surface area contributed by atoms with Gasteiger partial charge in [-0.15, -0.1) is 11.3 Å². The van der Waals surface area contributed by atoms with Crippen LogP contribution in [0.5, 0.6) is 0 Å². The fourth-order valence-electron chi connectivity index (χ4n) is 5.71. The van der Waals surface area contributed by atoms with Crippen LogP contribution in [-0.4, -0.2) is 109 Å². The standard InChI is InChI=1S/C26H36F3N5O5S2/c1-3-4-9-39-22-11-19-16-38-17-21(22)34(19)15-20-14-32(41(36,37)23-6-5-10-40-23)7-8-33(20)24-30-12-18(13-31-24)25(2,35)26(27,28)29/h5-6,10,12-13,19-22,35H,3-4,7-9,11,14-17H2,1-2H3/t19?,20-,21?,22?,25?/m1/s1. The van der Waals surface area contributed by atoms with Crippen LogP contribution in [0, 0.1) is 0 Å². The van der Waals surface area contributed by atoms with Gasteiger partial charge in [0.15, 0.2) is 5.60 Å². The molecule has 0 amide bonds. The maximum Gasteiger partial charge on any atom is 0.421 e. The van der Waals surface area contributed by atoms with Crippen molar-refractivity contribution in [2.24, 2.45) is 0 Å². The molecular formula is C26H36F3N5O5S2. The topological polar surface area (TPSA) is 108 Å². The normalized spacial score (nSPS) is 27.7. The zero-order valence-corrected chi connectivity index (χ0v) is 24.7. The number of hydrogen-bond acceptors (Lipinski definition) is 10. The lowest BCUT2D eigenvalue weighted by Gasteiger charge is -2.45. The first-order chi connectivity index (χ1) is 19.4. The molecule has 4 unspecified atom stereocenters. The van der Waals surface area contributed by atoms with Gasteiger partial charge in [-0.2, -0.15) is 17.5 Å². The van der Waals surface area contributed by atoms with E-state index >= 15 is 0 Å². The minimum atomic E-state index is -4.90. The minimum absolute atomic E-state index is 0.0113. The average molecular weight is 620 g/mol. The summed E-state index contributed by atoms with van der Waals surface area (Å²) >= 11 is 1.16. The second kappa shape index (κ2) is 12.0. The Morgan fingerprint density at radius 3 is 2.63 bits per heavy atom. The van der Waals surface area contributed by atoms with Gasteiger partial charge in [0.1, 0.15) is 4.21 Å². The number of rotatable bonds is 10. The van der Waals surface area contributed by atoms with E-state index in [2.05, 4.69) is 21.8 Å². The van der Waals surface area contributed by atoms with Crippen LogP contribution < -0.4 is 4.90 Å². The summed E-state index contributed by atoms with van der Waals surface area (Å²) in [4.78, 5) is 12.6. The first-order valence-corrected chi connectivity index (χ1v) is 16.1. The molecule has 3 aliphatic heterocycles. The third-order valence-corrected chi connectivity index (χ3v) is 11.5.